The molecule has 0 atom stereocenters. The fourth-order valence-corrected chi connectivity index (χ4v) is 1.96. The van der Waals surface area contributed by atoms with Crippen LogP contribution in [0.1, 0.15) is 16.1 Å². The number of hydrogen-bond acceptors (Lipinski definition) is 4. The Morgan fingerprint density at radius 3 is 2.50 bits per heavy atom. The van der Waals surface area contributed by atoms with Gasteiger partial charge < -0.3 is 15.5 Å². The zero-order valence-corrected chi connectivity index (χ0v) is 11.1. The first kappa shape index (κ1) is 12.9. The molecule has 1 aliphatic rings. The Hall–Kier alpha value is -1.53. The van der Waals surface area contributed by atoms with E-state index in [1.54, 1.807) is 18.3 Å². The maximum absolute atomic E-state index is 12.2. The topological polar surface area (TPSA) is 62.5 Å². The Kier molecular flexibility index (Phi) is 3.88. The van der Waals surface area contributed by atoms with Crippen LogP contribution >= 0.6 is 12.2 Å². The molecule has 96 valence electrons. The Morgan fingerprint density at radius 1 is 1.33 bits per heavy atom. The molecule has 2 N–H and O–H groups in total. The van der Waals surface area contributed by atoms with Gasteiger partial charge in [0, 0.05) is 37.9 Å². The molecule has 0 bridgehead atoms. The van der Waals surface area contributed by atoms with E-state index in [0.717, 1.165) is 26.2 Å². The molecule has 2 rings (SSSR count). The highest BCUT2D eigenvalue weighted by Crippen LogP contribution is 2.07. The molecule has 1 amide bonds. The number of pyridine rings is 1. The summed E-state index contributed by atoms with van der Waals surface area (Å²) in [6.07, 6.45) is 1.55. The quantitative estimate of drug-likeness (QED) is 0.768. The third-order valence-corrected chi connectivity index (χ3v) is 3.29. The molecule has 0 saturated carbocycles. The molecule has 0 spiro atoms. The van der Waals surface area contributed by atoms with Crippen molar-refractivity contribution in [3.8, 4) is 0 Å². The number of aromatic nitrogens is 1. The van der Waals surface area contributed by atoms with Gasteiger partial charge in [-0.3, -0.25) is 9.78 Å². The number of carbonyl (C=O) groups excluding carboxylic acids is 1. The third kappa shape index (κ3) is 2.83. The molecule has 0 unspecified atom stereocenters. The Balaban J connectivity index is 2.07. The van der Waals surface area contributed by atoms with Crippen LogP contribution in [0, 0.1) is 0 Å². The van der Waals surface area contributed by atoms with Crippen molar-refractivity contribution in [1.29, 1.82) is 0 Å². The van der Waals surface area contributed by atoms with E-state index in [1.807, 2.05) is 4.90 Å². The van der Waals surface area contributed by atoms with Crippen molar-refractivity contribution in [1.82, 2.24) is 14.8 Å². The minimum Gasteiger partial charge on any atom is -0.389 e. The number of piperazine rings is 1. The van der Waals surface area contributed by atoms with E-state index in [-0.39, 0.29) is 5.91 Å². The second-order valence-corrected chi connectivity index (χ2v) is 4.83. The average Bonchev–Trinajstić information content (AvgIpc) is 2.39. The summed E-state index contributed by atoms with van der Waals surface area (Å²) in [5.74, 6) is -0.0300. The van der Waals surface area contributed by atoms with Crippen molar-refractivity contribution in [2.75, 3.05) is 33.2 Å². The normalized spacial score (nSPS) is 16.6. The van der Waals surface area contributed by atoms with E-state index < -0.39 is 0 Å². The van der Waals surface area contributed by atoms with Crippen molar-refractivity contribution in [2.24, 2.45) is 5.73 Å². The number of rotatable bonds is 2. The van der Waals surface area contributed by atoms with E-state index in [1.165, 1.54) is 0 Å². The van der Waals surface area contributed by atoms with E-state index in [9.17, 15) is 4.79 Å². The lowest BCUT2D eigenvalue weighted by Gasteiger charge is -2.32. The van der Waals surface area contributed by atoms with Crippen LogP contribution in [0.15, 0.2) is 18.3 Å². The average molecular weight is 264 g/mol. The van der Waals surface area contributed by atoms with Gasteiger partial charge in [-0.05, 0) is 19.2 Å². The van der Waals surface area contributed by atoms with Gasteiger partial charge in [-0.1, -0.05) is 12.2 Å². The maximum Gasteiger partial charge on any atom is 0.272 e. The third-order valence-electron chi connectivity index (χ3n) is 3.06. The maximum atomic E-state index is 12.2. The Morgan fingerprint density at radius 2 is 2.00 bits per heavy atom. The molecule has 1 aromatic heterocycles. The van der Waals surface area contributed by atoms with Gasteiger partial charge in [0.15, 0.2) is 0 Å². The first-order valence-corrected chi connectivity index (χ1v) is 6.22. The molecule has 0 aliphatic carbocycles. The lowest BCUT2D eigenvalue weighted by atomic mass is 10.2. The summed E-state index contributed by atoms with van der Waals surface area (Å²) in [7, 11) is 2.05. The summed E-state index contributed by atoms with van der Waals surface area (Å²) >= 11 is 4.85. The van der Waals surface area contributed by atoms with E-state index >= 15 is 0 Å². The number of hydrogen-bond donors (Lipinski definition) is 1. The molecule has 6 heteroatoms. The van der Waals surface area contributed by atoms with Crippen LogP contribution in [0.5, 0.6) is 0 Å². The highest BCUT2D eigenvalue weighted by Gasteiger charge is 2.21. The van der Waals surface area contributed by atoms with Gasteiger partial charge in [0.05, 0.1) is 0 Å². The Bertz CT molecular complexity index is 452. The van der Waals surface area contributed by atoms with Gasteiger partial charge in [-0.15, -0.1) is 0 Å². The molecule has 1 aliphatic heterocycles. The number of likely N-dealkylation sites (N-methyl/N-ethyl adjacent to an activating group) is 1. The highest BCUT2D eigenvalue weighted by atomic mass is 32.1. The number of carbonyl (C=O) groups is 1. The van der Waals surface area contributed by atoms with Gasteiger partial charge in [0.1, 0.15) is 10.7 Å². The van der Waals surface area contributed by atoms with Gasteiger partial charge in [0.25, 0.3) is 5.91 Å². The minimum atomic E-state index is -0.0300. The van der Waals surface area contributed by atoms with Crippen molar-refractivity contribution >= 4 is 23.1 Å². The van der Waals surface area contributed by atoms with Crippen LogP contribution in [0.25, 0.3) is 0 Å². The summed E-state index contributed by atoms with van der Waals surface area (Å²) in [5, 5.41) is 0. The van der Waals surface area contributed by atoms with E-state index in [0.29, 0.717) is 16.2 Å². The molecule has 0 radical (unpaired) electrons. The lowest BCUT2D eigenvalue weighted by molar-refractivity contribution is 0.0658. The van der Waals surface area contributed by atoms with Gasteiger partial charge in [-0.25, -0.2) is 0 Å². The molecule has 0 aromatic carbocycles. The fourth-order valence-electron chi connectivity index (χ4n) is 1.84. The molecule has 18 heavy (non-hydrogen) atoms. The molecule has 2 heterocycles. The summed E-state index contributed by atoms with van der Waals surface area (Å²) in [5.41, 5.74) is 6.61. The van der Waals surface area contributed by atoms with Crippen LogP contribution in [-0.4, -0.2) is 58.9 Å². The van der Waals surface area contributed by atoms with E-state index in [4.69, 9.17) is 18.0 Å². The molecule has 1 fully saturated rings. The lowest BCUT2D eigenvalue weighted by Crippen LogP contribution is -2.47. The second-order valence-electron chi connectivity index (χ2n) is 4.39. The van der Waals surface area contributed by atoms with Crippen molar-refractivity contribution in [3.05, 3.63) is 29.6 Å². The standard InChI is InChI=1S/C12H16N4OS/c1-15-4-6-16(7-5-15)12(17)10-3-2-9(8-14-10)11(13)18/h2-3,8H,4-7H2,1H3,(H2,13,18). The highest BCUT2D eigenvalue weighted by molar-refractivity contribution is 7.80. The first-order chi connectivity index (χ1) is 8.58. The first-order valence-electron chi connectivity index (χ1n) is 5.81. The summed E-state index contributed by atoms with van der Waals surface area (Å²) in [4.78, 5) is 20.6. The predicted molar refractivity (Wildman–Crippen MR) is 73.5 cm³/mol. The zero-order chi connectivity index (χ0) is 13.1. The van der Waals surface area contributed by atoms with Gasteiger partial charge >= 0.3 is 0 Å². The molecule has 1 saturated heterocycles. The van der Waals surface area contributed by atoms with Crippen molar-refractivity contribution < 1.29 is 4.79 Å². The van der Waals surface area contributed by atoms with Gasteiger partial charge in [0.2, 0.25) is 0 Å². The summed E-state index contributed by atoms with van der Waals surface area (Å²) in [6.45, 7) is 3.29. The number of thiocarbonyl (C=S) groups is 1. The predicted octanol–water partition coefficient (Wildman–Crippen LogP) is 0.103. The molecular formula is C12H16N4OS. The molecule has 5 nitrogen and oxygen atoms in total. The SMILES string of the molecule is CN1CCN(C(=O)c2ccc(C(N)=S)cn2)CC1. The monoisotopic (exact) mass is 264 g/mol. The summed E-state index contributed by atoms with van der Waals surface area (Å²) in [6, 6.07) is 3.41. The van der Waals surface area contributed by atoms with Crippen molar-refractivity contribution in [2.45, 2.75) is 0 Å². The van der Waals surface area contributed by atoms with E-state index in [2.05, 4.69) is 16.9 Å². The summed E-state index contributed by atoms with van der Waals surface area (Å²) < 4.78 is 0. The van der Waals surface area contributed by atoms with Crippen LogP contribution in [0.3, 0.4) is 0 Å². The number of amides is 1. The van der Waals surface area contributed by atoms with Crippen molar-refractivity contribution in [3.63, 3.8) is 0 Å². The van der Waals surface area contributed by atoms with Crippen LogP contribution in [0.4, 0.5) is 0 Å². The number of nitrogens with two attached hydrogens (primary N) is 1. The van der Waals surface area contributed by atoms with Crippen LogP contribution in [-0.2, 0) is 0 Å². The smallest absolute Gasteiger partial charge is 0.272 e. The molecule has 1 aromatic rings. The van der Waals surface area contributed by atoms with Gasteiger partial charge in [-0.2, -0.15) is 0 Å². The minimum absolute atomic E-state index is 0.0300. The fraction of sp³-hybridized carbons (Fsp3) is 0.417. The largest absolute Gasteiger partial charge is 0.389 e. The van der Waals surface area contributed by atoms with Crippen LogP contribution < -0.4 is 5.73 Å². The second kappa shape index (κ2) is 5.41. The zero-order valence-electron chi connectivity index (χ0n) is 10.3. The Labute approximate surface area is 112 Å². The van der Waals surface area contributed by atoms with Crippen LogP contribution in [0.2, 0.25) is 0 Å². The molecular weight excluding hydrogens is 248 g/mol. The number of nitrogens with zero attached hydrogens (tertiary/aromatic N) is 3.